The molecule has 11 nitrogen and oxygen atoms in total. The Bertz CT molecular complexity index is 1660. The van der Waals surface area contributed by atoms with Crippen LogP contribution in [0.1, 0.15) is 44.8 Å². The largest absolute Gasteiger partial charge is 0.711 e. The number of urea groups is 1. The van der Waals surface area contributed by atoms with E-state index in [1.807, 2.05) is 30.3 Å². The summed E-state index contributed by atoms with van der Waals surface area (Å²) in [5.74, 6) is -5.10. The molecule has 4 aromatic rings. The lowest BCUT2D eigenvalue weighted by Crippen LogP contribution is -2.59. The molecule has 1 fully saturated rings. The minimum atomic E-state index is -1.50. The third-order valence-electron chi connectivity index (χ3n) is 7.64. The molecule has 1 atom stereocenters. The monoisotopic (exact) mass is 556 g/mol. The fourth-order valence-electron chi connectivity index (χ4n) is 5.27. The number of imide groups is 2. The summed E-state index contributed by atoms with van der Waals surface area (Å²) in [6.07, 6.45) is 0. The van der Waals surface area contributed by atoms with Crippen molar-refractivity contribution in [1.82, 2.24) is 14.4 Å². The third-order valence-corrected chi connectivity index (χ3v) is 7.64. The van der Waals surface area contributed by atoms with E-state index < -0.39 is 35.7 Å². The van der Waals surface area contributed by atoms with Crippen molar-refractivity contribution in [1.29, 1.82) is 0 Å². The Morgan fingerprint density at radius 2 is 1.56 bits per heavy atom. The first-order valence-corrected chi connectivity index (χ1v) is 12.9. The molecule has 210 valence electrons. The van der Waals surface area contributed by atoms with Crippen molar-refractivity contribution in [2.75, 3.05) is 14.1 Å². The van der Waals surface area contributed by atoms with E-state index in [0.29, 0.717) is 16.1 Å². The van der Waals surface area contributed by atoms with Crippen molar-refractivity contribution >= 4 is 23.8 Å². The topological polar surface area (TPSA) is 140 Å². The summed E-state index contributed by atoms with van der Waals surface area (Å²) in [7, 11) is 2.55. The molecule has 11 heteroatoms. The molecule has 41 heavy (non-hydrogen) atoms. The summed E-state index contributed by atoms with van der Waals surface area (Å²) in [6, 6.07) is 17.9. The first kappa shape index (κ1) is 27.4. The number of aromatic nitrogens is 2. The molecule has 1 aliphatic rings. The maximum Gasteiger partial charge on any atom is 0.336 e. The Morgan fingerprint density at radius 3 is 2.20 bits per heavy atom. The highest BCUT2D eigenvalue weighted by molar-refractivity contribution is 6.16. The van der Waals surface area contributed by atoms with Crippen LogP contribution >= 0.6 is 0 Å². The second-order valence-electron chi connectivity index (χ2n) is 9.98. The highest BCUT2D eigenvalue weighted by Gasteiger charge is 2.52. The third kappa shape index (κ3) is 4.54. The average molecular weight is 557 g/mol. The maximum atomic E-state index is 13.8. The lowest BCUT2D eigenvalue weighted by molar-refractivity contribution is -0.621. The lowest BCUT2D eigenvalue weighted by atomic mass is 9.85. The minimum Gasteiger partial charge on any atom is -0.711 e. The first-order chi connectivity index (χ1) is 19.5. The van der Waals surface area contributed by atoms with E-state index in [9.17, 15) is 29.5 Å². The van der Waals surface area contributed by atoms with Gasteiger partial charge in [-0.05, 0) is 23.8 Å². The van der Waals surface area contributed by atoms with E-state index in [1.165, 1.54) is 26.2 Å². The number of aromatic carboxylic acids is 1. The molecule has 0 radical (unpaired) electrons. The number of furan rings is 1. The van der Waals surface area contributed by atoms with Gasteiger partial charge < -0.3 is 14.7 Å². The molecule has 4 amide bonds. The van der Waals surface area contributed by atoms with Gasteiger partial charge in [0.1, 0.15) is 41.3 Å². The zero-order chi connectivity index (χ0) is 29.6. The predicted octanol–water partition coefficient (Wildman–Crippen LogP) is 3.54. The van der Waals surface area contributed by atoms with Gasteiger partial charge in [-0.3, -0.25) is 19.4 Å². The number of benzene rings is 2. The number of hydrogen-bond donors (Lipinski definition) is 1. The normalized spacial score (nSPS) is 15.1. The number of carboxylic acid groups (broad SMARTS) is 1. The Balaban J connectivity index is 1.74. The van der Waals surface area contributed by atoms with E-state index in [1.54, 1.807) is 42.7 Å². The van der Waals surface area contributed by atoms with Gasteiger partial charge >= 0.3 is 12.0 Å². The molecule has 2 aromatic carbocycles. The van der Waals surface area contributed by atoms with Crippen LogP contribution in [0, 0.1) is 25.0 Å². The molecule has 0 saturated carbocycles. The highest BCUT2D eigenvalue weighted by Crippen LogP contribution is 2.39. The van der Waals surface area contributed by atoms with Gasteiger partial charge in [0.25, 0.3) is 5.82 Å². The van der Waals surface area contributed by atoms with Crippen molar-refractivity contribution in [2.24, 2.45) is 5.92 Å². The Hall–Kier alpha value is -5.19. The summed E-state index contributed by atoms with van der Waals surface area (Å²) >= 11 is 0. The summed E-state index contributed by atoms with van der Waals surface area (Å²) in [4.78, 5) is 53.3. The van der Waals surface area contributed by atoms with Crippen LogP contribution in [0.2, 0.25) is 0 Å². The van der Waals surface area contributed by atoms with Crippen LogP contribution in [-0.4, -0.2) is 57.4 Å². The second kappa shape index (κ2) is 10.4. The molecule has 1 N–H and O–H groups in total. The Kier molecular flexibility index (Phi) is 6.96. The van der Waals surface area contributed by atoms with E-state index in [2.05, 4.69) is 0 Å². The van der Waals surface area contributed by atoms with E-state index in [4.69, 9.17) is 4.42 Å². The van der Waals surface area contributed by atoms with Crippen LogP contribution < -0.4 is 4.73 Å². The smallest absolute Gasteiger partial charge is 0.336 e. The lowest BCUT2D eigenvalue weighted by Gasteiger charge is -2.35. The molecule has 0 spiro atoms. The predicted molar refractivity (Wildman–Crippen MR) is 146 cm³/mol. The second-order valence-corrected chi connectivity index (χ2v) is 9.98. The van der Waals surface area contributed by atoms with E-state index in [-0.39, 0.29) is 35.0 Å². The number of carbonyl (C=O) groups is 4. The quantitative estimate of drug-likeness (QED) is 0.209. The number of nitrogens with zero attached hydrogens (tertiary/aromatic N) is 4. The molecular formula is C30H28N4O7. The molecule has 1 unspecified atom stereocenters. The molecule has 5 rings (SSSR count). The number of carbonyl (C=O) groups excluding carboxylic acids is 3. The van der Waals surface area contributed by atoms with Crippen molar-refractivity contribution < 1.29 is 33.4 Å². The van der Waals surface area contributed by atoms with Crippen LogP contribution in [-0.2, 0) is 16.1 Å². The van der Waals surface area contributed by atoms with E-state index in [0.717, 1.165) is 15.4 Å². The van der Waals surface area contributed by atoms with Gasteiger partial charge in [-0.25, -0.2) is 18.9 Å². The SMILES string of the molecule is Cc1c(C)[n+]([O-])c(C(c2ccc(-c3ccccc3C(=O)O)o2)C2C(=O)N(C)C(=O)N(C)C2=O)n1Cc1ccccc1. The number of amides is 4. The van der Waals surface area contributed by atoms with E-state index >= 15 is 0 Å². The molecule has 0 aliphatic carbocycles. The van der Waals surface area contributed by atoms with Gasteiger partial charge in [0.05, 0.1) is 5.56 Å². The van der Waals surface area contributed by atoms with Crippen LogP contribution in [0.3, 0.4) is 0 Å². The van der Waals surface area contributed by atoms with Crippen LogP contribution in [0.15, 0.2) is 71.1 Å². The minimum absolute atomic E-state index is 0.00198. The number of carboxylic acids is 1. The zero-order valence-corrected chi connectivity index (χ0v) is 22.9. The summed E-state index contributed by atoms with van der Waals surface area (Å²) in [6.45, 7) is 3.69. The van der Waals surface area contributed by atoms with Gasteiger partial charge in [0.15, 0.2) is 0 Å². The van der Waals surface area contributed by atoms with Crippen LogP contribution in [0.25, 0.3) is 11.3 Å². The number of hydrogen-bond acceptors (Lipinski definition) is 6. The van der Waals surface area contributed by atoms with Crippen molar-refractivity contribution in [3.05, 3.63) is 106 Å². The van der Waals surface area contributed by atoms with Crippen LogP contribution in [0.5, 0.6) is 0 Å². The standard InChI is InChI=1S/C30H28N4O7/c1-17-18(2)34(40)26(33(17)16-19-10-6-5-7-11-19)24(25-27(35)31(3)30(39)32(4)28(25)36)23-15-14-22(41-23)20-12-8-9-13-21(20)29(37)38/h5-15,24-25H,16H2,1-4H3,(H,37,38). The van der Waals surface area contributed by atoms with Gasteiger partial charge in [-0.15, -0.1) is 0 Å². The molecular weight excluding hydrogens is 528 g/mol. The van der Waals surface area contributed by atoms with Crippen molar-refractivity contribution in [3.8, 4) is 11.3 Å². The van der Waals surface area contributed by atoms with Gasteiger partial charge in [0.2, 0.25) is 11.8 Å². The fraction of sp³-hybridized carbons (Fsp3) is 0.233. The van der Waals surface area contributed by atoms with Crippen molar-refractivity contribution in [2.45, 2.75) is 26.3 Å². The van der Waals surface area contributed by atoms with Gasteiger partial charge in [-0.2, -0.15) is 0 Å². The summed E-state index contributed by atoms with van der Waals surface area (Å²) in [5.41, 5.74) is 2.17. The van der Waals surface area contributed by atoms with Gasteiger partial charge in [0, 0.05) is 33.5 Å². The fourth-order valence-corrected chi connectivity index (χ4v) is 5.27. The van der Waals surface area contributed by atoms with Crippen LogP contribution in [0.4, 0.5) is 4.79 Å². The highest BCUT2D eigenvalue weighted by atomic mass is 16.5. The number of imidazole rings is 1. The molecule has 1 aliphatic heterocycles. The molecule has 3 heterocycles. The maximum absolute atomic E-state index is 13.8. The van der Waals surface area contributed by atoms with Crippen molar-refractivity contribution in [3.63, 3.8) is 0 Å². The number of barbiturate groups is 1. The summed E-state index contributed by atoms with van der Waals surface area (Å²) in [5, 5.41) is 23.5. The average Bonchev–Trinajstić information content (AvgIpc) is 3.54. The Morgan fingerprint density at radius 1 is 0.951 bits per heavy atom. The molecule has 0 bridgehead atoms. The molecule has 2 aromatic heterocycles. The summed E-state index contributed by atoms with van der Waals surface area (Å²) < 4.78 is 8.61. The first-order valence-electron chi connectivity index (χ1n) is 12.9. The number of rotatable bonds is 7. The molecule has 1 saturated heterocycles. The van der Waals surface area contributed by atoms with Gasteiger partial charge in [-0.1, -0.05) is 48.5 Å². The Labute approximate surface area is 235 Å². The zero-order valence-electron chi connectivity index (χ0n) is 22.9.